The summed E-state index contributed by atoms with van der Waals surface area (Å²) in [4.78, 5) is 58.4. The third-order valence-electron chi connectivity index (χ3n) is 10.9. The molecule has 2 aliphatic heterocycles. The number of hydrogen-bond donors (Lipinski definition) is 1. The summed E-state index contributed by atoms with van der Waals surface area (Å²) in [5.41, 5.74) is 1.27. The van der Waals surface area contributed by atoms with E-state index in [0.29, 0.717) is 17.8 Å². The Hall–Kier alpha value is -5.75. The number of carbonyl (C=O) groups is 3. The molecule has 57 heavy (non-hydrogen) atoms. The number of ether oxygens (including phenoxy) is 3. The molecule has 4 heterocycles. The van der Waals surface area contributed by atoms with Crippen LogP contribution in [0.25, 0.3) is 22.3 Å². The fourth-order valence-corrected chi connectivity index (χ4v) is 12.7. The maximum atomic E-state index is 14.3. The average Bonchev–Trinajstić information content (AvgIpc) is 3.54. The Kier molecular flexibility index (Phi) is 10.1. The van der Waals surface area contributed by atoms with Gasteiger partial charge in [0.2, 0.25) is 5.60 Å². The monoisotopic (exact) mass is 787 g/mol. The van der Waals surface area contributed by atoms with Crippen molar-refractivity contribution in [3.8, 4) is 17.1 Å². The van der Waals surface area contributed by atoms with Gasteiger partial charge in [0.1, 0.15) is 27.1 Å². The van der Waals surface area contributed by atoms with Crippen molar-refractivity contribution in [2.24, 2.45) is 0 Å². The van der Waals surface area contributed by atoms with Crippen molar-refractivity contribution in [2.75, 3.05) is 6.54 Å². The third-order valence-corrected chi connectivity index (χ3v) is 15.8. The summed E-state index contributed by atoms with van der Waals surface area (Å²) in [5, 5.41) is 5.41. The van der Waals surface area contributed by atoms with E-state index in [0.717, 1.165) is 27.8 Å². The SMILES string of the molecule is CCc1c2c(nc3ccc(O[Si-](c4ccccc4)(c4ccccc4)C(C)(C)C)cc13)-c1cc3c(c(=O)n1C2)COC(=O)[C@@]3(CC)OC(=O)CNC(=O)OC(C)(C)C. The van der Waals surface area contributed by atoms with E-state index >= 15 is 0 Å². The molecule has 0 bridgehead atoms. The first-order valence-electron chi connectivity index (χ1n) is 19.4. The number of rotatable bonds is 9. The van der Waals surface area contributed by atoms with E-state index < -0.39 is 44.1 Å². The van der Waals surface area contributed by atoms with E-state index in [-0.39, 0.29) is 41.3 Å². The van der Waals surface area contributed by atoms with Crippen LogP contribution < -0.4 is 25.7 Å². The Morgan fingerprint density at radius 2 is 1.54 bits per heavy atom. The van der Waals surface area contributed by atoms with Gasteiger partial charge in [-0.05, 0) is 63.4 Å². The van der Waals surface area contributed by atoms with E-state index in [2.05, 4.69) is 87.6 Å². The molecule has 0 saturated carbocycles. The number of pyridine rings is 2. The van der Waals surface area contributed by atoms with Crippen molar-refractivity contribution in [3.05, 3.63) is 118 Å². The standard InChI is InChI=1S/C45H49N3O8Si/c1-9-31-32-23-28(56-57(44(6,7)8,29-17-13-11-14-18-29)30-19-15-12-16-20-30)21-22-36(32)47-39-33(31)26-48-37(39)24-35-34(40(48)50)27-53-41(51)45(35,10-2)54-38(49)25-46-42(52)55-43(3,4)5/h11-24H,9-10,25-27H2,1-8H3,(H,46,52)/q-1/t45-/m0/s1. The molecule has 0 spiro atoms. The van der Waals surface area contributed by atoms with Crippen molar-refractivity contribution >= 4 is 47.6 Å². The fraction of sp³-hybridized carbons (Fsp3) is 0.356. The summed E-state index contributed by atoms with van der Waals surface area (Å²) in [7, 11) is -2.92. The largest absolute Gasteiger partial charge is 0.683 e. The summed E-state index contributed by atoms with van der Waals surface area (Å²) in [6.07, 6.45) is -0.155. The molecule has 0 saturated heterocycles. The maximum absolute atomic E-state index is 14.3. The van der Waals surface area contributed by atoms with E-state index in [1.54, 1.807) is 38.3 Å². The minimum Gasteiger partial charge on any atom is -0.683 e. The molecule has 1 amide bonds. The predicted octanol–water partition coefficient (Wildman–Crippen LogP) is 6.66. The second-order valence-corrected chi connectivity index (χ2v) is 20.8. The molecule has 5 aromatic rings. The lowest BCUT2D eigenvalue weighted by molar-refractivity contribution is -0.188. The molecule has 3 aromatic carbocycles. The first-order chi connectivity index (χ1) is 27.0. The highest BCUT2D eigenvalue weighted by Gasteiger charge is 2.50. The van der Waals surface area contributed by atoms with Crippen LogP contribution in [0.4, 0.5) is 4.79 Å². The second kappa shape index (κ2) is 14.6. The molecule has 2 aromatic heterocycles. The third kappa shape index (κ3) is 6.89. The molecular weight excluding hydrogens is 739 g/mol. The van der Waals surface area contributed by atoms with Crippen LogP contribution in [0.3, 0.4) is 0 Å². The molecule has 1 N–H and O–H groups in total. The van der Waals surface area contributed by atoms with E-state index in [1.807, 2.05) is 24.3 Å². The number of esters is 2. The van der Waals surface area contributed by atoms with E-state index in [1.165, 1.54) is 10.4 Å². The van der Waals surface area contributed by atoms with Crippen LogP contribution in [0.15, 0.2) is 89.7 Å². The van der Waals surface area contributed by atoms with E-state index in [4.69, 9.17) is 23.6 Å². The normalized spacial score (nSPS) is 16.2. The lowest BCUT2D eigenvalue weighted by Crippen LogP contribution is -2.68. The smallest absolute Gasteiger partial charge is 0.408 e. The number of cyclic esters (lactones) is 1. The number of nitrogens with one attached hydrogen (secondary N) is 1. The van der Waals surface area contributed by atoms with Gasteiger partial charge in [0.15, 0.2) is 0 Å². The number of amides is 1. The lowest BCUT2D eigenvalue weighted by Gasteiger charge is -2.55. The van der Waals surface area contributed by atoms with Crippen LogP contribution in [0.2, 0.25) is 5.04 Å². The van der Waals surface area contributed by atoms with E-state index in [9.17, 15) is 19.2 Å². The molecule has 11 nitrogen and oxygen atoms in total. The molecule has 7 rings (SSSR count). The molecule has 12 heteroatoms. The van der Waals surface area contributed by atoms with Crippen LogP contribution in [0, 0.1) is 0 Å². The fourth-order valence-electron chi connectivity index (χ4n) is 8.28. The molecule has 0 fully saturated rings. The molecule has 0 unspecified atom stereocenters. The zero-order valence-electron chi connectivity index (χ0n) is 33.8. The Morgan fingerprint density at radius 3 is 2.12 bits per heavy atom. The van der Waals surface area contributed by atoms with Crippen LogP contribution in [0.5, 0.6) is 5.75 Å². The number of carbonyl (C=O) groups excluding carboxylic acids is 3. The summed E-state index contributed by atoms with van der Waals surface area (Å²) in [6.45, 7) is 15.0. The minimum absolute atomic E-state index is 0.00771. The van der Waals surface area contributed by atoms with Gasteiger partial charge in [0, 0.05) is 16.5 Å². The predicted molar refractivity (Wildman–Crippen MR) is 220 cm³/mol. The van der Waals surface area contributed by atoms with Crippen molar-refractivity contribution in [3.63, 3.8) is 0 Å². The Balaban J connectivity index is 1.30. The van der Waals surface area contributed by atoms with Gasteiger partial charge in [-0.25, -0.2) is 14.6 Å². The maximum Gasteiger partial charge on any atom is 0.408 e. The van der Waals surface area contributed by atoms with Crippen molar-refractivity contribution in [1.29, 1.82) is 0 Å². The van der Waals surface area contributed by atoms with Crippen molar-refractivity contribution in [2.45, 2.75) is 97.6 Å². The molecule has 0 radical (unpaired) electrons. The van der Waals surface area contributed by atoms with Crippen LogP contribution >= 0.6 is 0 Å². The van der Waals surface area contributed by atoms with Crippen LogP contribution in [-0.2, 0) is 49.0 Å². The lowest BCUT2D eigenvalue weighted by atomic mass is 9.85. The highest BCUT2D eigenvalue weighted by atomic mass is 28.4. The molecule has 1 atom stereocenters. The zero-order valence-corrected chi connectivity index (χ0v) is 34.8. The van der Waals surface area contributed by atoms with Crippen LogP contribution in [0.1, 0.15) is 84.1 Å². The molecular formula is C45H49N3O8Si-. The van der Waals surface area contributed by atoms with Gasteiger partial charge in [-0.1, -0.05) is 95.3 Å². The van der Waals surface area contributed by atoms with Gasteiger partial charge in [0.25, 0.3) is 5.56 Å². The second-order valence-electron chi connectivity index (χ2n) is 16.6. The molecule has 2 aliphatic rings. The summed E-state index contributed by atoms with van der Waals surface area (Å²) in [6, 6.07) is 28.7. The Bertz CT molecular complexity index is 2410. The topological polar surface area (TPSA) is 135 Å². The van der Waals surface area contributed by atoms with Gasteiger partial charge in [-0.15, -0.1) is 15.4 Å². The quantitative estimate of drug-likeness (QED) is 0.0971. The van der Waals surface area contributed by atoms with Gasteiger partial charge >= 0.3 is 18.0 Å². The van der Waals surface area contributed by atoms with Gasteiger partial charge in [0.05, 0.1) is 34.8 Å². The number of aryl methyl sites for hydroxylation is 1. The summed E-state index contributed by atoms with van der Waals surface area (Å²) < 4.78 is 25.6. The first-order valence-corrected chi connectivity index (χ1v) is 21.3. The van der Waals surface area contributed by atoms with Gasteiger partial charge in [-0.2, -0.15) is 0 Å². The van der Waals surface area contributed by atoms with Crippen LogP contribution in [-0.4, -0.2) is 48.0 Å². The number of benzene rings is 3. The Labute approximate surface area is 333 Å². The first kappa shape index (κ1) is 39.5. The molecule has 0 aliphatic carbocycles. The number of aromatic nitrogens is 2. The average molecular weight is 788 g/mol. The minimum atomic E-state index is -2.92. The van der Waals surface area contributed by atoms with Crippen molar-refractivity contribution < 1.29 is 33.0 Å². The zero-order chi connectivity index (χ0) is 40.9. The number of nitrogens with zero attached hydrogens (tertiary/aromatic N) is 2. The Morgan fingerprint density at radius 1 is 0.895 bits per heavy atom. The summed E-state index contributed by atoms with van der Waals surface area (Å²) >= 11 is 0. The highest BCUT2D eigenvalue weighted by molar-refractivity contribution is 7.00. The number of hydrogen-bond acceptors (Lipinski definition) is 9. The molecule has 297 valence electrons. The summed E-state index contributed by atoms with van der Waals surface area (Å²) in [5.74, 6) is -0.940. The van der Waals surface area contributed by atoms with Gasteiger partial charge < -0.3 is 28.5 Å². The number of alkyl carbamates (subject to hydrolysis) is 1. The highest BCUT2D eigenvalue weighted by Crippen LogP contribution is 2.43. The van der Waals surface area contributed by atoms with Gasteiger partial charge in [-0.3, -0.25) is 9.59 Å². The van der Waals surface area contributed by atoms with Crippen molar-refractivity contribution in [1.82, 2.24) is 14.9 Å². The number of fused-ring (bicyclic) bond motifs is 5.